The minimum Gasteiger partial charge on any atom is -0.335 e. The SMILES string of the molecule is CCc1nnc(-c2cccs2)c(=O)n1N. The van der Waals surface area contributed by atoms with E-state index in [1.165, 1.54) is 11.3 Å². The van der Waals surface area contributed by atoms with Crippen LogP contribution in [0.2, 0.25) is 0 Å². The van der Waals surface area contributed by atoms with Gasteiger partial charge in [-0.25, -0.2) is 4.68 Å². The normalized spacial score (nSPS) is 10.5. The Bertz CT molecular complexity index is 517. The van der Waals surface area contributed by atoms with Gasteiger partial charge >= 0.3 is 0 Å². The van der Waals surface area contributed by atoms with Gasteiger partial charge in [-0.2, -0.15) is 0 Å². The summed E-state index contributed by atoms with van der Waals surface area (Å²) in [6, 6.07) is 3.68. The summed E-state index contributed by atoms with van der Waals surface area (Å²) in [5, 5.41) is 9.69. The van der Waals surface area contributed by atoms with Gasteiger partial charge in [0.2, 0.25) is 0 Å². The molecular weight excluding hydrogens is 212 g/mol. The van der Waals surface area contributed by atoms with E-state index in [2.05, 4.69) is 10.2 Å². The Labute approximate surface area is 90.2 Å². The molecule has 2 heterocycles. The molecule has 2 aromatic heterocycles. The fourth-order valence-corrected chi connectivity index (χ4v) is 1.94. The molecule has 15 heavy (non-hydrogen) atoms. The summed E-state index contributed by atoms with van der Waals surface area (Å²) in [5.74, 6) is 6.09. The number of nitrogen functional groups attached to an aromatic ring is 1. The molecular formula is C9H10N4OS. The summed E-state index contributed by atoms with van der Waals surface area (Å²) in [5.41, 5.74) is 0.00833. The van der Waals surface area contributed by atoms with Crippen LogP contribution in [0.5, 0.6) is 0 Å². The lowest BCUT2D eigenvalue weighted by Gasteiger charge is -2.04. The lowest BCUT2D eigenvalue weighted by molar-refractivity contribution is 0.735. The lowest BCUT2D eigenvalue weighted by Crippen LogP contribution is -2.33. The van der Waals surface area contributed by atoms with E-state index in [0.717, 1.165) is 9.55 Å². The zero-order valence-corrected chi connectivity index (χ0v) is 8.99. The van der Waals surface area contributed by atoms with Crippen molar-refractivity contribution in [3.63, 3.8) is 0 Å². The van der Waals surface area contributed by atoms with Crippen LogP contribution in [0.4, 0.5) is 0 Å². The van der Waals surface area contributed by atoms with Crippen molar-refractivity contribution in [2.24, 2.45) is 0 Å². The van der Waals surface area contributed by atoms with Crippen LogP contribution >= 0.6 is 11.3 Å². The van der Waals surface area contributed by atoms with E-state index in [1.807, 2.05) is 24.4 Å². The Morgan fingerprint density at radius 3 is 2.93 bits per heavy atom. The molecule has 2 aromatic rings. The molecule has 5 nitrogen and oxygen atoms in total. The first kappa shape index (κ1) is 9.85. The van der Waals surface area contributed by atoms with Gasteiger partial charge in [-0.15, -0.1) is 21.5 Å². The average Bonchev–Trinajstić information content (AvgIpc) is 2.75. The third-order valence-corrected chi connectivity index (χ3v) is 2.91. The largest absolute Gasteiger partial charge is 0.335 e. The molecule has 0 spiro atoms. The second-order valence-electron chi connectivity index (χ2n) is 2.97. The fraction of sp³-hybridized carbons (Fsp3) is 0.222. The van der Waals surface area contributed by atoms with Crippen molar-refractivity contribution in [2.45, 2.75) is 13.3 Å². The van der Waals surface area contributed by atoms with Crippen LogP contribution in [0.3, 0.4) is 0 Å². The first-order chi connectivity index (χ1) is 7.24. The molecule has 2 rings (SSSR count). The van der Waals surface area contributed by atoms with Crippen LogP contribution < -0.4 is 11.4 Å². The summed E-state index contributed by atoms with van der Waals surface area (Å²) < 4.78 is 1.06. The maximum absolute atomic E-state index is 11.8. The molecule has 0 saturated heterocycles. The summed E-state index contributed by atoms with van der Waals surface area (Å²) in [6.45, 7) is 1.87. The number of nitrogens with two attached hydrogens (primary N) is 1. The van der Waals surface area contributed by atoms with E-state index >= 15 is 0 Å². The summed E-state index contributed by atoms with van der Waals surface area (Å²) >= 11 is 1.44. The monoisotopic (exact) mass is 222 g/mol. The van der Waals surface area contributed by atoms with E-state index in [0.29, 0.717) is 17.9 Å². The van der Waals surface area contributed by atoms with Gasteiger partial charge in [0.25, 0.3) is 5.56 Å². The Hall–Kier alpha value is -1.69. The molecule has 2 N–H and O–H groups in total. The Balaban J connectivity index is 2.62. The second kappa shape index (κ2) is 3.82. The van der Waals surface area contributed by atoms with Crippen molar-refractivity contribution >= 4 is 11.3 Å². The highest BCUT2D eigenvalue weighted by molar-refractivity contribution is 7.13. The number of aryl methyl sites for hydroxylation is 1. The first-order valence-corrected chi connectivity index (χ1v) is 5.39. The zero-order valence-electron chi connectivity index (χ0n) is 8.17. The number of rotatable bonds is 2. The minimum atomic E-state index is -0.302. The molecule has 0 bridgehead atoms. The van der Waals surface area contributed by atoms with Gasteiger partial charge in [0.1, 0.15) is 0 Å². The van der Waals surface area contributed by atoms with Gasteiger partial charge < -0.3 is 5.84 Å². The van der Waals surface area contributed by atoms with E-state index in [1.54, 1.807) is 0 Å². The Morgan fingerprint density at radius 2 is 2.33 bits per heavy atom. The molecule has 0 unspecified atom stereocenters. The van der Waals surface area contributed by atoms with Gasteiger partial charge in [0, 0.05) is 6.42 Å². The van der Waals surface area contributed by atoms with Crippen molar-refractivity contribution < 1.29 is 0 Å². The van der Waals surface area contributed by atoms with Crippen LogP contribution in [0.1, 0.15) is 12.7 Å². The lowest BCUT2D eigenvalue weighted by atomic mass is 10.3. The fourth-order valence-electron chi connectivity index (χ4n) is 1.24. The number of nitrogens with zero attached hydrogens (tertiary/aromatic N) is 3. The molecule has 0 saturated carbocycles. The average molecular weight is 222 g/mol. The quantitative estimate of drug-likeness (QED) is 0.757. The van der Waals surface area contributed by atoms with Crippen LogP contribution in [-0.2, 0) is 6.42 Å². The van der Waals surface area contributed by atoms with Crippen LogP contribution in [0.25, 0.3) is 10.6 Å². The van der Waals surface area contributed by atoms with E-state index < -0.39 is 0 Å². The van der Waals surface area contributed by atoms with Crippen molar-refractivity contribution in [3.05, 3.63) is 33.7 Å². The van der Waals surface area contributed by atoms with E-state index in [9.17, 15) is 4.79 Å². The van der Waals surface area contributed by atoms with E-state index in [4.69, 9.17) is 5.84 Å². The molecule has 0 aliphatic rings. The number of hydrogen-bond acceptors (Lipinski definition) is 5. The molecule has 0 fully saturated rings. The third-order valence-electron chi connectivity index (χ3n) is 2.04. The predicted molar refractivity (Wildman–Crippen MR) is 59.1 cm³/mol. The molecule has 0 aliphatic carbocycles. The highest BCUT2D eigenvalue weighted by Gasteiger charge is 2.11. The second-order valence-corrected chi connectivity index (χ2v) is 3.92. The highest BCUT2D eigenvalue weighted by atomic mass is 32.1. The summed E-state index contributed by atoms with van der Waals surface area (Å²) in [4.78, 5) is 12.6. The number of aromatic nitrogens is 3. The zero-order chi connectivity index (χ0) is 10.8. The molecule has 0 atom stereocenters. The summed E-state index contributed by atoms with van der Waals surface area (Å²) in [7, 11) is 0. The van der Waals surface area contributed by atoms with Crippen molar-refractivity contribution in [3.8, 4) is 10.6 Å². The first-order valence-electron chi connectivity index (χ1n) is 4.51. The van der Waals surface area contributed by atoms with Crippen LogP contribution in [0.15, 0.2) is 22.3 Å². The third kappa shape index (κ3) is 1.63. The maximum atomic E-state index is 11.8. The van der Waals surface area contributed by atoms with Crippen LogP contribution in [0, 0.1) is 0 Å². The molecule has 78 valence electrons. The molecule has 0 aromatic carbocycles. The van der Waals surface area contributed by atoms with Gasteiger partial charge in [-0.05, 0) is 11.4 Å². The van der Waals surface area contributed by atoms with Gasteiger partial charge in [-0.1, -0.05) is 13.0 Å². The molecule has 6 heteroatoms. The molecule has 0 amide bonds. The number of thiophene rings is 1. The van der Waals surface area contributed by atoms with Gasteiger partial charge in [-0.3, -0.25) is 4.79 Å². The molecule has 0 aliphatic heterocycles. The topological polar surface area (TPSA) is 73.8 Å². The minimum absolute atomic E-state index is 0.302. The van der Waals surface area contributed by atoms with Gasteiger partial charge in [0.05, 0.1) is 4.88 Å². The number of hydrogen-bond donors (Lipinski definition) is 1. The molecule has 0 radical (unpaired) electrons. The predicted octanol–water partition coefficient (Wildman–Crippen LogP) is 0.643. The summed E-state index contributed by atoms with van der Waals surface area (Å²) in [6.07, 6.45) is 0.587. The van der Waals surface area contributed by atoms with Gasteiger partial charge in [0.15, 0.2) is 11.5 Å². The maximum Gasteiger partial charge on any atom is 0.299 e. The van der Waals surface area contributed by atoms with Crippen molar-refractivity contribution in [1.82, 2.24) is 14.9 Å². The highest BCUT2D eigenvalue weighted by Crippen LogP contribution is 2.18. The Morgan fingerprint density at radius 1 is 1.53 bits per heavy atom. The van der Waals surface area contributed by atoms with Crippen molar-refractivity contribution in [2.75, 3.05) is 5.84 Å². The van der Waals surface area contributed by atoms with Crippen LogP contribution in [-0.4, -0.2) is 14.9 Å². The standard InChI is InChI=1S/C9H10N4OS/c1-2-7-11-12-8(9(14)13(7)10)6-4-3-5-15-6/h3-5H,2,10H2,1H3. The van der Waals surface area contributed by atoms with Crippen molar-refractivity contribution in [1.29, 1.82) is 0 Å². The Kier molecular flexibility index (Phi) is 2.51. The van der Waals surface area contributed by atoms with E-state index in [-0.39, 0.29) is 5.56 Å². The smallest absolute Gasteiger partial charge is 0.299 e.